The van der Waals surface area contributed by atoms with Gasteiger partial charge in [-0.15, -0.1) is 0 Å². The average Bonchev–Trinajstić information content (AvgIpc) is 2.69. The van der Waals surface area contributed by atoms with Gasteiger partial charge in [0.15, 0.2) is 0 Å². The molecule has 4 nitrogen and oxygen atoms in total. The number of phenolic OH excluding ortho intramolecular Hbond substituents is 1. The lowest BCUT2D eigenvalue weighted by Gasteiger charge is -2.03. The van der Waals surface area contributed by atoms with E-state index in [1.165, 1.54) is 6.42 Å². The van der Waals surface area contributed by atoms with Gasteiger partial charge in [-0.2, -0.15) is 0 Å². The van der Waals surface area contributed by atoms with E-state index in [1.54, 1.807) is 30.6 Å². The molecular weight excluding hydrogens is 336 g/mol. The third-order valence-electron chi connectivity index (χ3n) is 3.47. The number of ether oxygens (including phenoxy) is 1. The lowest BCUT2D eigenvalue weighted by Crippen LogP contribution is -1.90. The van der Waals surface area contributed by atoms with E-state index in [0.29, 0.717) is 6.61 Å². The first kappa shape index (κ1) is 20.2. The number of phenols is 1. The lowest BCUT2D eigenvalue weighted by molar-refractivity contribution is 0.340. The molecule has 1 N–H and O–H groups in total. The second-order valence-electron chi connectivity index (χ2n) is 5.88. The van der Waals surface area contributed by atoms with Crippen LogP contribution in [-0.2, 0) is 0 Å². The zero-order valence-electron chi connectivity index (χ0n) is 16.1. The largest absolute Gasteiger partial charge is 0.508 e. The molecule has 0 aliphatic carbocycles. The molecule has 4 heteroatoms. The van der Waals surface area contributed by atoms with Crippen LogP contribution in [0.2, 0.25) is 0 Å². The maximum absolute atomic E-state index is 9.10. The Morgan fingerprint density at radius 2 is 1.33 bits per heavy atom. The van der Waals surface area contributed by atoms with Crippen molar-refractivity contribution in [2.24, 2.45) is 0 Å². The Labute approximate surface area is 160 Å². The van der Waals surface area contributed by atoms with Crippen molar-refractivity contribution in [1.29, 1.82) is 0 Å². The maximum Gasteiger partial charge on any atom is 0.120 e. The average molecular weight is 362 g/mol. The number of aromatic hydroxyl groups is 1. The topological polar surface area (TPSA) is 55.2 Å². The fourth-order valence-corrected chi connectivity index (χ4v) is 2.37. The summed E-state index contributed by atoms with van der Waals surface area (Å²) in [6, 6.07) is 18.8. The van der Waals surface area contributed by atoms with Gasteiger partial charge >= 0.3 is 0 Å². The second-order valence-corrected chi connectivity index (χ2v) is 5.88. The molecule has 0 unspecified atom stereocenters. The van der Waals surface area contributed by atoms with E-state index >= 15 is 0 Å². The van der Waals surface area contributed by atoms with Gasteiger partial charge in [0.25, 0.3) is 0 Å². The molecule has 140 valence electrons. The number of pyridine rings is 2. The summed E-state index contributed by atoms with van der Waals surface area (Å²) in [5, 5.41) is 11.2. The van der Waals surface area contributed by atoms with Gasteiger partial charge in [0.1, 0.15) is 11.5 Å². The fourth-order valence-electron chi connectivity index (χ4n) is 2.37. The Balaban J connectivity index is 0.000000171. The predicted octanol–water partition coefficient (Wildman–Crippen LogP) is 5.99. The molecule has 0 saturated heterocycles. The number of aromatic nitrogens is 2. The van der Waals surface area contributed by atoms with Gasteiger partial charge in [-0.25, -0.2) is 0 Å². The van der Waals surface area contributed by atoms with E-state index < -0.39 is 0 Å². The molecule has 2 heterocycles. The Kier molecular flexibility index (Phi) is 8.04. The summed E-state index contributed by atoms with van der Waals surface area (Å²) in [5.74, 6) is 1.19. The van der Waals surface area contributed by atoms with E-state index in [4.69, 9.17) is 9.84 Å². The third-order valence-corrected chi connectivity index (χ3v) is 3.47. The van der Waals surface area contributed by atoms with Gasteiger partial charge in [-0.05, 0) is 55.5 Å². The van der Waals surface area contributed by atoms with E-state index in [9.17, 15) is 0 Å². The highest BCUT2D eigenvalue weighted by Crippen LogP contribution is 2.18. The van der Waals surface area contributed by atoms with Gasteiger partial charge in [0.05, 0.1) is 17.6 Å². The molecule has 0 amide bonds. The number of hydrogen-bond donors (Lipinski definition) is 1. The van der Waals surface area contributed by atoms with E-state index in [2.05, 4.69) is 23.8 Å². The van der Waals surface area contributed by atoms with Crippen molar-refractivity contribution in [2.75, 3.05) is 6.61 Å². The second kappa shape index (κ2) is 10.8. The summed E-state index contributed by atoms with van der Waals surface area (Å²) < 4.78 is 5.39. The Morgan fingerprint density at radius 1 is 0.778 bits per heavy atom. The summed E-state index contributed by atoms with van der Waals surface area (Å²) in [7, 11) is 0. The van der Waals surface area contributed by atoms with Crippen LogP contribution in [0.25, 0.3) is 21.8 Å². The normalized spacial score (nSPS) is 9.74. The molecule has 0 aliphatic heterocycles. The minimum atomic E-state index is 0.283. The monoisotopic (exact) mass is 362 g/mol. The summed E-state index contributed by atoms with van der Waals surface area (Å²) in [5.41, 5.74) is 1.91. The molecule has 27 heavy (non-hydrogen) atoms. The number of nitrogens with zero attached hydrogens (tertiary/aromatic N) is 2. The number of rotatable bonds is 2. The van der Waals surface area contributed by atoms with Gasteiger partial charge < -0.3 is 9.84 Å². The van der Waals surface area contributed by atoms with Crippen molar-refractivity contribution < 1.29 is 9.84 Å². The van der Waals surface area contributed by atoms with Gasteiger partial charge in [-0.3, -0.25) is 9.97 Å². The van der Waals surface area contributed by atoms with Crippen molar-refractivity contribution >= 4 is 21.8 Å². The van der Waals surface area contributed by atoms with Gasteiger partial charge in [-0.1, -0.05) is 32.4 Å². The first-order chi connectivity index (χ1) is 13.2. The number of benzene rings is 2. The number of hydrogen-bond acceptors (Lipinski definition) is 4. The summed E-state index contributed by atoms with van der Waals surface area (Å²) in [6.07, 6.45) is 4.78. The summed E-state index contributed by atoms with van der Waals surface area (Å²) >= 11 is 0. The van der Waals surface area contributed by atoms with Gasteiger partial charge in [0, 0.05) is 23.2 Å². The lowest BCUT2D eigenvalue weighted by atomic mass is 10.2. The van der Waals surface area contributed by atoms with Crippen LogP contribution in [0.15, 0.2) is 73.1 Å². The first-order valence-electron chi connectivity index (χ1n) is 9.19. The molecule has 0 saturated carbocycles. The SMILES string of the molecule is CCC.CCOc1ccc2ncccc2c1.Oc1ccc2ncccc2c1. The van der Waals surface area contributed by atoms with Crippen molar-refractivity contribution in [2.45, 2.75) is 27.2 Å². The molecule has 0 bridgehead atoms. The molecule has 0 spiro atoms. The van der Waals surface area contributed by atoms with Crippen LogP contribution in [0, 0.1) is 0 Å². The molecule has 0 radical (unpaired) electrons. The van der Waals surface area contributed by atoms with Crippen LogP contribution in [-0.4, -0.2) is 21.7 Å². The van der Waals surface area contributed by atoms with Crippen molar-refractivity contribution in [3.05, 3.63) is 73.1 Å². The van der Waals surface area contributed by atoms with Crippen LogP contribution >= 0.6 is 0 Å². The molecular formula is C23H26N2O2. The van der Waals surface area contributed by atoms with Crippen LogP contribution < -0.4 is 4.74 Å². The molecule has 0 atom stereocenters. The first-order valence-corrected chi connectivity index (χ1v) is 9.19. The van der Waals surface area contributed by atoms with E-state index in [1.807, 2.05) is 49.4 Å². The highest BCUT2D eigenvalue weighted by Gasteiger charge is 1.95. The van der Waals surface area contributed by atoms with Crippen molar-refractivity contribution in [3.8, 4) is 11.5 Å². The Bertz CT molecular complexity index is 970. The third kappa shape index (κ3) is 6.26. The predicted molar refractivity (Wildman–Crippen MR) is 112 cm³/mol. The highest BCUT2D eigenvalue weighted by molar-refractivity contribution is 5.80. The smallest absolute Gasteiger partial charge is 0.120 e. The Hall–Kier alpha value is -3.14. The highest BCUT2D eigenvalue weighted by atomic mass is 16.5. The quantitative estimate of drug-likeness (QED) is 0.476. The van der Waals surface area contributed by atoms with Crippen LogP contribution in [0.4, 0.5) is 0 Å². The molecule has 4 rings (SSSR count). The Morgan fingerprint density at radius 3 is 1.93 bits per heavy atom. The molecule has 2 aromatic heterocycles. The van der Waals surface area contributed by atoms with Crippen LogP contribution in [0.1, 0.15) is 27.2 Å². The minimum absolute atomic E-state index is 0.283. The van der Waals surface area contributed by atoms with Crippen molar-refractivity contribution in [1.82, 2.24) is 9.97 Å². The van der Waals surface area contributed by atoms with Crippen LogP contribution in [0.3, 0.4) is 0 Å². The van der Waals surface area contributed by atoms with Crippen LogP contribution in [0.5, 0.6) is 11.5 Å². The zero-order valence-corrected chi connectivity index (χ0v) is 16.1. The van der Waals surface area contributed by atoms with Gasteiger partial charge in [0.2, 0.25) is 0 Å². The summed E-state index contributed by atoms with van der Waals surface area (Å²) in [4.78, 5) is 8.34. The standard InChI is InChI=1S/C11H11NO.C9H7NO.C3H8/c1-2-13-10-5-6-11-9(8-10)4-3-7-12-11;11-8-3-4-9-7(6-8)2-1-5-10-9;1-3-2/h3-8H,2H2,1H3;1-6,11H;3H2,1-2H3. The van der Waals surface area contributed by atoms with E-state index in [0.717, 1.165) is 27.6 Å². The molecule has 2 aromatic carbocycles. The maximum atomic E-state index is 9.10. The molecule has 4 aromatic rings. The molecule has 0 fully saturated rings. The minimum Gasteiger partial charge on any atom is -0.508 e. The summed E-state index contributed by atoms with van der Waals surface area (Å²) in [6.45, 7) is 6.93. The van der Waals surface area contributed by atoms with Crippen molar-refractivity contribution in [3.63, 3.8) is 0 Å². The van der Waals surface area contributed by atoms with E-state index in [-0.39, 0.29) is 5.75 Å². The molecule has 0 aliphatic rings. The fraction of sp³-hybridized carbons (Fsp3) is 0.217. The number of fused-ring (bicyclic) bond motifs is 2. The zero-order chi connectivity index (χ0) is 19.5.